The van der Waals surface area contributed by atoms with Gasteiger partial charge in [-0.3, -0.25) is 0 Å². The molecule has 0 unspecified atom stereocenters. The van der Waals surface area contributed by atoms with Crippen molar-refractivity contribution in [3.63, 3.8) is 0 Å². The standard InChI is InChI=1S/C16H22N2O4S/c1-10-7-15(21-6)16(8-11(10)2)23(19,20)18(5)9-14-12(3)17-22-13(14)4/h7-8H,9H2,1-6H3. The second-order valence-corrected chi connectivity index (χ2v) is 7.66. The average molecular weight is 338 g/mol. The van der Waals surface area contributed by atoms with Gasteiger partial charge in [0.1, 0.15) is 16.4 Å². The summed E-state index contributed by atoms with van der Waals surface area (Å²) in [5.74, 6) is 0.968. The van der Waals surface area contributed by atoms with Gasteiger partial charge in [0.15, 0.2) is 0 Å². The molecule has 2 rings (SSSR count). The molecule has 1 heterocycles. The van der Waals surface area contributed by atoms with Gasteiger partial charge in [-0.05, 0) is 51.0 Å². The quantitative estimate of drug-likeness (QED) is 0.838. The lowest BCUT2D eigenvalue weighted by atomic mass is 10.1. The monoisotopic (exact) mass is 338 g/mol. The van der Waals surface area contributed by atoms with Gasteiger partial charge in [-0.2, -0.15) is 4.31 Å². The molecule has 0 aliphatic carbocycles. The third-order valence-electron chi connectivity index (χ3n) is 4.03. The molecule has 2 aromatic rings. The highest BCUT2D eigenvalue weighted by molar-refractivity contribution is 7.89. The first-order valence-corrected chi connectivity index (χ1v) is 8.65. The molecule has 0 fully saturated rings. The molecule has 0 N–H and O–H groups in total. The van der Waals surface area contributed by atoms with Crippen LogP contribution in [0, 0.1) is 27.7 Å². The van der Waals surface area contributed by atoms with Crippen molar-refractivity contribution in [2.45, 2.75) is 39.1 Å². The van der Waals surface area contributed by atoms with Crippen LogP contribution in [-0.2, 0) is 16.6 Å². The van der Waals surface area contributed by atoms with Crippen LogP contribution in [0.15, 0.2) is 21.6 Å². The second kappa shape index (κ2) is 6.33. The van der Waals surface area contributed by atoms with E-state index >= 15 is 0 Å². The molecule has 0 saturated heterocycles. The maximum atomic E-state index is 12.9. The van der Waals surface area contributed by atoms with Crippen LogP contribution in [0.2, 0.25) is 0 Å². The first kappa shape index (κ1) is 17.5. The summed E-state index contributed by atoms with van der Waals surface area (Å²) >= 11 is 0. The van der Waals surface area contributed by atoms with E-state index in [1.165, 1.54) is 18.5 Å². The van der Waals surface area contributed by atoms with E-state index in [4.69, 9.17) is 9.26 Å². The zero-order valence-corrected chi connectivity index (χ0v) is 15.1. The Morgan fingerprint density at radius 3 is 2.30 bits per heavy atom. The minimum absolute atomic E-state index is 0.164. The van der Waals surface area contributed by atoms with E-state index in [1.807, 2.05) is 13.8 Å². The second-order valence-electron chi connectivity index (χ2n) is 5.65. The normalized spacial score (nSPS) is 12.0. The molecule has 0 amide bonds. The van der Waals surface area contributed by atoms with Crippen molar-refractivity contribution in [1.29, 1.82) is 0 Å². The maximum Gasteiger partial charge on any atom is 0.246 e. The molecule has 126 valence electrons. The summed E-state index contributed by atoms with van der Waals surface area (Å²) in [6.07, 6.45) is 0. The molecule has 0 saturated carbocycles. The van der Waals surface area contributed by atoms with E-state index in [0.29, 0.717) is 17.2 Å². The van der Waals surface area contributed by atoms with Gasteiger partial charge in [0.25, 0.3) is 0 Å². The Balaban J connectivity index is 2.44. The van der Waals surface area contributed by atoms with Crippen molar-refractivity contribution in [2.24, 2.45) is 0 Å². The number of ether oxygens (including phenoxy) is 1. The van der Waals surface area contributed by atoms with E-state index in [1.54, 1.807) is 26.0 Å². The molecule has 23 heavy (non-hydrogen) atoms. The number of aryl methyl sites for hydroxylation is 4. The van der Waals surface area contributed by atoms with Gasteiger partial charge in [0.2, 0.25) is 10.0 Å². The van der Waals surface area contributed by atoms with Gasteiger partial charge < -0.3 is 9.26 Å². The molecule has 0 aliphatic heterocycles. The number of nitrogens with zero attached hydrogens (tertiary/aromatic N) is 2. The van der Waals surface area contributed by atoms with E-state index in [-0.39, 0.29) is 11.4 Å². The summed E-state index contributed by atoms with van der Waals surface area (Å²) in [4.78, 5) is 0.164. The van der Waals surface area contributed by atoms with Crippen molar-refractivity contribution >= 4 is 10.0 Å². The van der Waals surface area contributed by atoms with Gasteiger partial charge in [-0.1, -0.05) is 5.16 Å². The van der Waals surface area contributed by atoms with Gasteiger partial charge >= 0.3 is 0 Å². The van der Waals surface area contributed by atoms with Gasteiger partial charge in [0.05, 0.1) is 12.8 Å². The summed E-state index contributed by atoms with van der Waals surface area (Å²) in [5, 5.41) is 3.86. The van der Waals surface area contributed by atoms with Gasteiger partial charge in [-0.25, -0.2) is 8.42 Å². The molecule has 6 nitrogen and oxygen atoms in total. The molecular weight excluding hydrogens is 316 g/mol. The summed E-state index contributed by atoms with van der Waals surface area (Å²) in [7, 11) is -0.685. The Bertz CT molecular complexity index is 805. The highest BCUT2D eigenvalue weighted by Crippen LogP contribution is 2.30. The van der Waals surface area contributed by atoms with Crippen LogP contribution in [0.3, 0.4) is 0 Å². The molecule has 7 heteroatoms. The number of rotatable bonds is 5. The third kappa shape index (κ3) is 3.25. The smallest absolute Gasteiger partial charge is 0.246 e. The highest BCUT2D eigenvalue weighted by Gasteiger charge is 2.27. The van der Waals surface area contributed by atoms with Crippen LogP contribution in [-0.4, -0.2) is 32.0 Å². The largest absolute Gasteiger partial charge is 0.495 e. The average Bonchev–Trinajstić information content (AvgIpc) is 2.81. The van der Waals surface area contributed by atoms with E-state index in [2.05, 4.69) is 5.16 Å². The predicted octanol–water partition coefficient (Wildman–Crippen LogP) is 2.74. The molecule has 1 aromatic carbocycles. The Kier molecular flexibility index (Phi) is 4.81. The number of benzene rings is 1. The number of methoxy groups -OCH3 is 1. The Hall–Kier alpha value is -1.86. The molecule has 0 spiro atoms. The summed E-state index contributed by atoms with van der Waals surface area (Å²) in [6, 6.07) is 3.39. The lowest BCUT2D eigenvalue weighted by molar-refractivity contribution is 0.388. The predicted molar refractivity (Wildman–Crippen MR) is 87.1 cm³/mol. The van der Waals surface area contributed by atoms with E-state index < -0.39 is 10.0 Å². The van der Waals surface area contributed by atoms with Crippen molar-refractivity contribution < 1.29 is 17.7 Å². The van der Waals surface area contributed by atoms with Gasteiger partial charge in [-0.15, -0.1) is 0 Å². The van der Waals surface area contributed by atoms with Crippen molar-refractivity contribution in [2.75, 3.05) is 14.2 Å². The molecular formula is C16H22N2O4S. The minimum atomic E-state index is -3.69. The topological polar surface area (TPSA) is 72.6 Å². The summed E-state index contributed by atoms with van der Waals surface area (Å²) < 4.78 is 37.5. The molecule has 1 aromatic heterocycles. The number of hydrogen-bond donors (Lipinski definition) is 0. The SMILES string of the molecule is COc1cc(C)c(C)cc1S(=O)(=O)N(C)Cc1c(C)noc1C. The van der Waals surface area contributed by atoms with E-state index in [9.17, 15) is 8.42 Å². The van der Waals surface area contributed by atoms with Crippen LogP contribution in [0.4, 0.5) is 0 Å². The van der Waals surface area contributed by atoms with Gasteiger partial charge in [0, 0.05) is 19.2 Å². The zero-order chi connectivity index (χ0) is 17.4. The first-order chi connectivity index (χ1) is 10.7. The Morgan fingerprint density at radius 2 is 1.78 bits per heavy atom. The van der Waals surface area contributed by atoms with Crippen molar-refractivity contribution in [3.8, 4) is 5.75 Å². The minimum Gasteiger partial charge on any atom is -0.495 e. The number of sulfonamides is 1. The lowest BCUT2D eigenvalue weighted by Gasteiger charge is -2.19. The van der Waals surface area contributed by atoms with Crippen LogP contribution in [0.25, 0.3) is 0 Å². The fraction of sp³-hybridized carbons (Fsp3) is 0.438. The molecule has 0 atom stereocenters. The fourth-order valence-electron chi connectivity index (χ4n) is 2.33. The molecule has 0 bridgehead atoms. The fourth-order valence-corrected chi connectivity index (χ4v) is 3.68. The van der Waals surface area contributed by atoms with Crippen LogP contribution < -0.4 is 4.74 Å². The van der Waals surface area contributed by atoms with Crippen molar-refractivity contribution in [1.82, 2.24) is 9.46 Å². The van der Waals surface area contributed by atoms with Crippen LogP contribution in [0.5, 0.6) is 5.75 Å². The molecule has 0 radical (unpaired) electrons. The maximum absolute atomic E-state index is 12.9. The summed E-state index contributed by atoms with van der Waals surface area (Å²) in [6.45, 7) is 7.55. The number of aromatic nitrogens is 1. The van der Waals surface area contributed by atoms with Crippen LogP contribution in [0.1, 0.15) is 28.1 Å². The number of hydrogen-bond acceptors (Lipinski definition) is 5. The Labute approximate surface area is 137 Å². The zero-order valence-electron chi connectivity index (χ0n) is 14.3. The molecule has 0 aliphatic rings. The van der Waals surface area contributed by atoms with Crippen molar-refractivity contribution in [3.05, 3.63) is 40.3 Å². The third-order valence-corrected chi connectivity index (χ3v) is 5.85. The van der Waals surface area contributed by atoms with Crippen LogP contribution >= 0.6 is 0 Å². The lowest BCUT2D eigenvalue weighted by Crippen LogP contribution is -2.27. The Morgan fingerprint density at radius 1 is 1.17 bits per heavy atom. The summed E-state index contributed by atoms with van der Waals surface area (Å²) in [5.41, 5.74) is 3.35. The highest BCUT2D eigenvalue weighted by atomic mass is 32.2. The first-order valence-electron chi connectivity index (χ1n) is 7.21. The van der Waals surface area contributed by atoms with E-state index in [0.717, 1.165) is 16.7 Å².